The van der Waals surface area contributed by atoms with Gasteiger partial charge in [0.05, 0.1) is 23.2 Å². The van der Waals surface area contributed by atoms with E-state index in [0.29, 0.717) is 18.0 Å². The summed E-state index contributed by atoms with van der Waals surface area (Å²) in [5, 5.41) is 3.07. The summed E-state index contributed by atoms with van der Waals surface area (Å²) in [6.07, 6.45) is 2.80. The molecule has 1 N–H and O–H groups in total. The summed E-state index contributed by atoms with van der Waals surface area (Å²) in [6, 6.07) is 21.4. The molecule has 7 heteroatoms. The normalized spacial score (nSPS) is 15.3. The van der Waals surface area contributed by atoms with Crippen molar-refractivity contribution in [2.45, 2.75) is 44.0 Å². The Morgan fingerprint density at radius 2 is 1.74 bits per heavy atom. The first kappa shape index (κ1) is 23.8. The molecule has 6 nitrogen and oxygen atoms in total. The molecule has 0 aliphatic heterocycles. The van der Waals surface area contributed by atoms with Gasteiger partial charge in [0, 0.05) is 0 Å². The number of carbonyl (C=O) groups excluding carboxylic acids is 1. The molecule has 0 unspecified atom stereocenters. The highest BCUT2D eigenvalue weighted by atomic mass is 32.2. The van der Waals surface area contributed by atoms with Crippen molar-refractivity contribution in [2.24, 2.45) is 0 Å². The van der Waals surface area contributed by atoms with Crippen LogP contribution < -0.4 is 14.4 Å². The number of nitrogens with one attached hydrogen (secondary N) is 1. The van der Waals surface area contributed by atoms with Crippen molar-refractivity contribution in [3.8, 4) is 5.75 Å². The first-order chi connectivity index (χ1) is 16.4. The number of amides is 1. The Hall–Kier alpha value is -3.32. The SMILES string of the molecule is CCOc1ccc(S(=O)(=O)N(CC(=O)N[C@@H]2CCCc3ccccc32)c2ccc(C)cc2)cc1. The van der Waals surface area contributed by atoms with Crippen molar-refractivity contribution >= 4 is 21.6 Å². The quantitative estimate of drug-likeness (QED) is 0.505. The van der Waals surface area contributed by atoms with Crippen molar-refractivity contribution in [3.63, 3.8) is 0 Å². The van der Waals surface area contributed by atoms with Gasteiger partial charge in [0.25, 0.3) is 10.0 Å². The van der Waals surface area contributed by atoms with Crippen LogP contribution in [0.15, 0.2) is 77.7 Å². The van der Waals surface area contributed by atoms with Crippen LogP contribution in [0.5, 0.6) is 5.75 Å². The minimum atomic E-state index is -3.98. The topological polar surface area (TPSA) is 75.7 Å². The van der Waals surface area contributed by atoms with Crippen LogP contribution in [0.4, 0.5) is 5.69 Å². The zero-order valence-electron chi connectivity index (χ0n) is 19.5. The van der Waals surface area contributed by atoms with Gasteiger partial charge in [0.15, 0.2) is 0 Å². The van der Waals surface area contributed by atoms with E-state index in [1.165, 1.54) is 22.0 Å². The van der Waals surface area contributed by atoms with Gasteiger partial charge >= 0.3 is 0 Å². The fourth-order valence-corrected chi connectivity index (χ4v) is 5.72. The van der Waals surface area contributed by atoms with E-state index in [2.05, 4.69) is 11.4 Å². The van der Waals surface area contributed by atoms with Crippen molar-refractivity contribution < 1.29 is 17.9 Å². The number of rotatable bonds is 8. The Bertz CT molecular complexity index is 1240. The molecule has 1 amide bonds. The van der Waals surface area contributed by atoms with Gasteiger partial charge in [-0.2, -0.15) is 0 Å². The van der Waals surface area contributed by atoms with Gasteiger partial charge in [-0.15, -0.1) is 0 Å². The van der Waals surface area contributed by atoms with Crippen molar-refractivity contribution in [2.75, 3.05) is 17.5 Å². The molecule has 0 bridgehead atoms. The molecule has 0 spiro atoms. The number of fused-ring (bicyclic) bond motifs is 1. The fourth-order valence-electron chi connectivity index (χ4n) is 4.30. The predicted molar refractivity (Wildman–Crippen MR) is 134 cm³/mol. The Labute approximate surface area is 201 Å². The summed E-state index contributed by atoms with van der Waals surface area (Å²) in [7, 11) is -3.98. The van der Waals surface area contributed by atoms with E-state index < -0.39 is 10.0 Å². The number of ether oxygens (including phenoxy) is 1. The Morgan fingerprint density at radius 3 is 2.44 bits per heavy atom. The first-order valence-electron chi connectivity index (χ1n) is 11.6. The van der Waals surface area contributed by atoms with Crippen molar-refractivity contribution in [1.82, 2.24) is 5.32 Å². The van der Waals surface area contributed by atoms with Crippen LogP contribution in [0.25, 0.3) is 0 Å². The second-order valence-electron chi connectivity index (χ2n) is 8.46. The fraction of sp³-hybridized carbons (Fsp3) is 0.296. The van der Waals surface area contributed by atoms with Crippen LogP contribution >= 0.6 is 0 Å². The molecular formula is C27H30N2O4S. The van der Waals surface area contributed by atoms with Crippen LogP contribution in [-0.2, 0) is 21.2 Å². The van der Waals surface area contributed by atoms with Gasteiger partial charge in [0.2, 0.25) is 5.91 Å². The molecule has 178 valence electrons. The number of hydrogen-bond donors (Lipinski definition) is 1. The van der Waals surface area contributed by atoms with E-state index in [-0.39, 0.29) is 23.4 Å². The van der Waals surface area contributed by atoms with Crippen molar-refractivity contribution in [3.05, 3.63) is 89.5 Å². The van der Waals surface area contributed by atoms with Gasteiger partial charge in [-0.25, -0.2) is 8.42 Å². The lowest BCUT2D eigenvalue weighted by molar-refractivity contribution is -0.120. The van der Waals surface area contributed by atoms with E-state index in [1.807, 2.05) is 44.2 Å². The average Bonchev–Trinajstić information content (AvgIpc) is 2.84. The molecule has 0 saturated carbocycles. The monoisotopic (exact) mass is 478 g/mol. The van der Waals surface area contributed by atoms with Crippen molar-refractivity contribution in [1.29, 1.82) is 0 Å². The first-order valence-corrected chi connectivity index (χ1v) is 13.0. The van der Waals surface area contributed by atoms with Gasteiger partial charge in [-0.05, 0) is 80.6 Å². The molecule has 4 rings (SSSR count). The van der Waals surface area contributed by atoms with Crippen LogP contribution in [0.1, 0.15) is 42.5 Å². The van der Waals surface area contributed by atoms with Crippen LogP contribution in [0, 0.1) is 6.92 Å². The van der Waals surface area contributed by atoms with Gasteiger partial charge in [-0.1, -0.05) is 42.0 Å². The number of benzene rings is 3. The molecule has 34 heavy (non-hydrogen) atoms. The molecule has 3 aromatic carbocycles. The second kappa shape index (κ2) is 10.3. The largest absolute Gasteiger partial charge is 0.494 e. The third-order valence-electron chi connectivity index (χ3n) is 6.04. The van der Waals surface area contributed by atoms with Crippen LogP contribution in [-0.4, -0.2) is 27.5 Å². The Morgan fingerprint density at radius 1 is 1.03 bits per heavy atom. The van der Waals surface area contributed by atoms with E-state index in [1.54, 1.807) is 24.3 Å². The number of carbonyl (C=O) groups is 1. The summed E-state index contributed by atoms with van der Waals surface area (Å²) < 4.78 is 33.8. The highest BCUT2D eigenvalue weighted by Crippen LogP contribution is 2.30. The molecule has 0 fully saturated rings. The minimum Gasteiger partial charge on any atom is -0.494 e. The number of sulfonamides is 1. The lowest BCUT2D eigenvalue weighted by Crippen LogP contribution is -2.42. The zero-order valence-corrected chi connectivity index (χ0v) is 20.3. The highest BCUT2D eigenvalue weighted by Gasteiger charge is 2.29. The zero-order chi connectivity index (χ0) is 24.1. The highest BCUT2D eigenvalue weighted by molar-refractivity contribution is 7.92. The molecule has 0 aromatic heterocycles. The smallest absolute Gasteiger partial charge is 0.264 e. The maximum absolute atomic E-state index is 13.6. The maximum atomic E-state index is 13.6. The Kier molecular flexibility index (Phi) is 7.22. The van der Waals surface area contributed by atoms with Crippen LogP contribution in [0.2, 0.25) is 0 Å². The number of hydrogen-bond acceptors (Lipinski definition) is 4. The molecule has 0 heterocycles. The van der Waals surface area contributed by atoms with E-state index >= 15 is 0 Å². The predicted octanol–water partition coefficient (Wildman–Crippen LogP) is 4.78. The molecule has 0 radical (unpaired) electrons. The summed E-state index contributed by atoms with van der Waals surface area (Å²) >= 11 is 0. The maximum Gasteiger partial charge on any atom is 0.264 e. The second-order valence-corrected chi connectivity index (χ2v) is 10.3. The van der Waals surface area contributed by atoms with Crippen LogP contribution in [0.3, 0.4) is 0 Å². The van der Waals surface area contributed by atoms with Gasteiger partial charge in [-0.3, -0.25) is 9.10 Å². The number of aryl methyl sites for hydroxylation is 2. The Balaban J connectivity index is 1.60. The van der Waals surface area contributed by atoms with E-state index in [0.717, 1.165) is 30.4 Å². The molecule has 3 aromatic rings. The molecule has 0 saturated heterocycles. The lowest BCUT2D eigenvalue weighted by Gasteiger charge is -2.29. The standard InChI is InChI=1S/C27H30N2O4S/c1-3-33-23-15-17-24(18-16-23)34(31,32)29(22-13-11-20(2)12-14-22)19-27(30)28-26-10-6-8-21-7-4-5-9-25(21)26/h4-5,7,9,11-18,26H,3,6,8,10,19H2,1-2H3,(H,28,30)/t26-/m1/s1. The summed E-state index contributed by atoms with van der Waals surface area (Å²) in [6.45, 7) is 3.98. The van der Waals surface area contributed by atoms with Gasteiger partial charge < -0.3 is 10.1 Å². The van der Waals surface area contributed by atoms with E-state index in [4.69, 9.17) is 4.74 Å². The summed E-state index contributed by atoms with van der Waals surface area (Å²) in [5.41, 5.74) is 3.79. The molecule has 1 aliphatic rings. The number of nitrogens with zero attached hydrogens (tertiary/aromatic N) is 1. The molecule has 1 atom stereocenters. The minimum absolute atomic E-state index is 0.104. The third kappa shape index (κ3) is 5.25. The lowest BCUT2D eigenvalue weighted by atomic mass is 9.88. The number of anilines is 1. The summed E-state index contributed by atoms with van der Waals surface area (Å²) in [5.74, 6) is 0.258. The summed E-state index contributed by atoms with van der Waals surface area (Å²) in [4.78, 5) is 13.3. The van der Waals surface area contributed by atoms with E-state index in [9.17, 15) is 13.2 Å². The third-order valence-corrected chi connectivity index (χ3v) is 7.82. The molecular weight excluding hydrogens is 448 g/mol. The molecule has 1 aliphatic carbocycles. The average molecular weight is 479 g/mol. The van der Waals surface area contributed by atoms with Gasteiger partial charge in [0.1, 0.15) is 12.3 Å².